The predicted molar refractivity (Wildman–Crippen MR) is 128 cm³/mol. The van der Waals surface area contributed by atoms with E-state index < -0.39 is 5.60 Å². The summed E-state index contributed by atoms with van der Waals surface area (Å²) in [5, 5.41) is 12.1. The van der Waals surface area contributed by atoms with E-state index in [0.29, 0.717) is 0 Å². The molecule has 3 heteroatoms. The van der Waals surface area contributed by atoms with Crippen LogP contribution in [0.25, 0.3) is 11.1 Å². The largest absolute Gasteiger partial charge is 0.497 e. The van der Waals surface area contributed by atoms with Crippen LogP contribution in [0.1, 0.15) is 22.3 Å². The van der Waals surface area contributed by atoms with Crippen molar-refractivity contribution in [1.82, 2.24) is 0 Å². The van der Waals surface area contributed by atoms with Gasteiger partial charge in [-0.2, -0.15) is 0 Å². The maximum atomic E-state index is 12.1. The van der Waals surface area contributed by atoms with Crippen LogP contribution in [0.5, 0.6) is 11.5 Å². The molecule has 0 fully saturated rings. The van der Waals surface area contributed by atoms with Gasteiger partial charge in [0.2, 0.25) is 0 Å². The van der Waals surface area contributed by atoms with Crippen LogP contribution in [0.2, 0.25) is 0 Å². The highest BCUT2D eigenvalue weighted by Crippen LogP contribution is 2.38. The molecule has 0 aliphatic heterocycles. The van der Waals surface area contributed by atoms with Crippen LogP contribution in [-0.2, 0) is 5.60 Å². The number of benzene rings is 4. The topological polar surface area (TPSA) is 38.7 Å². The van der Waals surface area contributed by atoms with Gasteiger partial charge < -0.3 is 14.6 Å². The SMILES string of the molecule is C#Cc1ccc(-c2ccc(C(O)(c3ccc(OC)cc3)c3ccc(OC)cc3)cc2)cc1. The second-order valence-electron chi connectivity index (χ2n) is 7.47. The molecule has 0 aromatic heterocycles. The van der Waals surface area contributed by atoms with E-state index in [4.69, 9.17) is 15.9 Å². The monoisotopic (exact) mass is 420 g/mol. The Balaban J connectivity index is 1.78. The van der Waals surface area contributed by atoms with Crippen LogP contribution in [0.4, 0.5) is 0 Å². The lowest BCUT2D eigenvalue weighted by Gasteiger charge is -2.30. The summed E-state index contributed by atoms with van der Waals surface area (Å²) in [5.74, 6) is 4.10. The van der Waals surface area contributed by atoms with Crippen molar-refractivity contribution in [3.05, 3.63) is 119 Å². The number of hydrogen-bond acceptors (Lipinski definition) is 3. The molecule has 0 bridgehead atoms. The zero-order valence-electron chi connectivity index (χ0n) is 18.1. The Morgan fingerprint density at radius 1 is 0.594 bits per heavy atom. The fourth-order valence-corrected chi connectivity index (χ4v) is 3.83. The molecule has 0 amide bonds. The van der Waals surface area contributed by atoms with Gasteiger partial charge in [0, 0.05) is 5.56 Å². The molecular formula is C29H24O3. The van der Waals surface area contributed by atoms with E-state index in [1.165, 1.54) is 0 Å². The van der Waals surface area contributed by atoms with Crippen molar-refractivity contribution < 1.29 is 14.6 Å². The Kier molecular flexibility index (Phi) is 5.98. The van der Waals surface area contributed by atoms with Crippen LogP contribution >= 0.6 is 0 Å². The van der Waals surface area contributed by atoms with E-state index in [0.717, 1.165) is 44.9 Å². The van der Waals surface area contributed by atoms with Gasteiger partial charge >= 0.3 is 0 Å². The van der Waals surface area contributed by atoms with Crippen molar-refractivity contribution in [2.45, 2.75) is 5.60 Å². The van der Waals surface area contributed by atoms with Gasteiger partial charge in [0.15, 0.2) is 0 Å². The highest BCUT2D eigenvalue weighted by Gasteiger charge is 2.34. The summed E-state index contributed by atoms with van der Waals surface area (Å²) < 4.78 is 10.6. The summed E-state index contributed by atoms with van der Waals surface area (Å²) in [7, 11) is 3.25. The molecule has 158 valence electrons. The lowest BCUT2D eigenvalue weighted by Crippen LogP contribution is -2.28. The minimum atomic E-state index is -1.34. The molecule has 0 saturated heterocycles. The number of ether oxygens (including phenoxy) is 2. The molecule has 0 atom stereocenters. The molecule has 32 heavy (non-hydrogen) atoms. The van der Waals surface area contributed by atoms with Crippen molar-refractivity contribution in [1.29, 1.82) is 0 Å². The Labute approximate surface area is 188 Å². The van der Waals surface area contributed by atoms with Gasteiger partial charge in [-0.25, -0.2) is 0 Å². The van der Waals surface area contributed by atoms with Crippen LogP contribution in [0.3, 0.4) is 0 Å². The van der Waals surface area contributed by atoms with Crippen molar-refractivity contribution >= 4 is 0 Å². The first-order valence-electron chi connectivity index (χ1n) is 10.3. The molecule has 0 saturated carbocycles. The minimum Gasteiger partial charge on any atom is -0.497 e. The molecule has 0 spiro atoms. The number of methoxy groups -OCH3 is 2. The Hall–Kier alpha value is -4.00. The number of terminal acetylenes is 1. The van der Waals surface area contributed by atoms with Gasteiger partial charge in [-0.15, -0.1) is 6.42 Å². The summed E-state index contributed by atoms with van der Waals surface area (Å²) in [6.45, 7) is 0. The maximum Gasteiger partial charge on any atom is 0.140 e. The maximum absolute atomic E-state index is 12.1. The summed E-state index contributed by atoms with van der Waals surface area (Å²) in [6.07, 6.45) is 5.46. The lowest BCUT2D eigenvalue weighted by atomic mass is 9.80. The molecule has 0 aliphatic rings. The minimum absolute atomic E-state index is 0.733. The summed E-state index contributed by atoms with van der Waals surface area (Å²) in [4.78, 5) is 0. The van der Waals surface area contributed by atoms with Crippen LogP contribution < -0.4 is 9.47 Å². The molecule has 1 N–H and O–H groups in total. The van der Waals surface area contributed by atoms with Gasteiger partial charge in [0.05, 0.1) is 14.2 Å². The summed E-state index contributed by atoms with van der Waals surface area (Å²) in [5.41, 5.74) is 3.86. The first-order chi connectivity index (χ1) is 15.6. The molecule has 0 aliphatic carbocycles. The fraction of sp³-hybridized carbons (Fsp3) is 0.103. The lowest BCUT2D eigenvalue weighted by molar-refractivity contribution is 0.125. The second kappa shape index (κ2) is 9.01. The smallest absolute Gasteiger partial charge is 0.140 e. The zero-order valence-corrected chi connectivity index (χ0v) is 18.1. The normalized spacial score (nSPS) is 10.9. The van der Waals surface area contributed by atoms with Crippen molar-refractivity contribution in [3.8, 4) is 35.0 Å². The van der Waals surface area contributed by atoms with Gasteiger partial charge in [0.25, 0.3) is 0 Å². The molecule has 4 aromatic rings. The molecule has 4 aromatic carbocycles. The second-order valence-corrected chi connectivity index (χ2v) is 7.47. The number of rotatable bonds is 6. The molecule has 3 nitrogen and oxygen atoms in total. The molecule has 0 radical (unpaired) electrons. The Morgan fingerprint density at radius 3 is 1.28 bits per heavy atom. The van der Waals surface area contributed by atoms with Crippen LogP contribution in [-0.4, -0.2) is 19.3 Å². The first kappa shape index (κ1) is 21.2. The summed E-state index contributed by atoms with van der Waals surface area (Å²) in [6, 6.07) is 30.7. The molecular weight excluding hydrogens is 396 g/mol. The van der Waals surface area contributed by atoms with Crippen LogP contribution in [0, 0.1) is 12.3 Å². The fourth-order valence-electron chi connectivity index (χ4n) is 3.83. The third-order valence-electron chi connectivity index (χ3n) is 5.70. The van der Waals surface area contributed by atoms with E-state index in [2.05, 4.69) is 5.92 Å². The van der Waals surface area contributed by atoms with E-state index in [9.17, 15) is 5.11 Å². The molecule has 0 unspecified atom stereocenters. The van der Waals surface area contributed by atoms with Gasteiger partial charge in [-0.05, 0) is 64.2 Å². The quantitative estimate of drug-likeness (QED) is 0.324. The van der Waals surface area contributed by atoms with E-state index in [1.54, 1.807) is 14.2 Å². The van der Waals surface area contributed by atoms with Crippen molar-refractivity contribution in [2.24, 2.45) is 0 Å². The van der Waals surface area contributed by atoms with E-state index >= 15 is 0 Å². The van der Waals surface area contributed by atoms with Crippen molar-refractivity contribution in [2.75, 3.05) is 14.2 Å². The Morgan fingerprint density at radius 2 is 0.938 bits per heavy atom. The average molecular weight is 421 g/mol. The number of hydrogen-bond donors (Lipinski definition) is 1. The van der Waals surface area contributed by atoms with Crippen molar-refractivity contribution in [3.63, 3.8) is 0 Å². The first-order valence-corrected chi connectivity index (χ1v) is 10.3. The third kappa shape index (κ3) is 3.97. The highest BCUT2D eigenvalue weighted by atomic mass is 16.5. The molecule has 0 heterocycles. The van der Waals surface area contributed by atoms with Crippen LogP contribution in [0.15, 0.2) is 97.1 Å². The standard InChI is InChI=1S/C29H24O3/c1-4-21-5-7-22(8-6-21)23-9-11-24(12-10-23)29(30,25-13-17-27(31-2)18-14-25)26-15-19-28(32-3)20-16-26/h1,5-20,30H,2-3H3. The third-order valence-corrected chi connectivity index (χ3v) is 5.70. The van der Waals surface area contributed by atoms with Gasteiger partial charge in [-0.3, -0.25) is 0 Å². The average Bonchev–Trinajstić information content (AvgIpc) is 2.88. The highest BCUT2D eigenvalue weighted by molar-refractivity contribution is 5.65. The summed E-state index contributed by atoms with van der Waals surface area (Å²) >= 11 is 0. The predicted octanol–water partition coefficient (Wildman–Crippen LogP) is 5.64. The number of aliphatic hydroxyl groups is 1. The van der Waals surface area contributed by atoms with Gasteiger partial charge in [0.1, 0.15) is 17.1 Å². The Bertz CT molecular complexity index is 1170. The zero-order chi connectivity index (χ0) is 22.6. The molecule has 4 rings (SSSR count). The van der Waals surface area contributed by atoms with Gasteiger partial charge in [-0.1, -0.05) is 66.6 Å². The van der Waals surface area contributed by atoms with E-state index in [-0.39, 0.29) is 0 Å². The van der Waals surface area contributed by atoms with E-state index in [1.807, 2.05) is 97.1 Å².